The molecule has 0 spiro atoms. The van der Waals surface area contributed by atoms with Crippen LogP contribution < -0.4 is 5.32 Å². The van der Waals surface area contributed by atoms with E-state index in [2.05, 4.69) is 5.32 Å². The average molecular weight is 321 g/mol. The van der Waals surface area contributed by atoms with E-state index in [9.17, 15) is 10.1 Å². The number of carbonyl (C=O) groups is 1. The highest BCUT2D eigenvalue weighted by Crippen LogP contribution is 2.16. The van der Waals surface area contributed by atoms with Gasteiger partial charge in [-0.05, 0) is 43.2 Å². The Kier molecular flexibility index (Phi) is 5.09. The Labute approximate surface area is 141 Å². The van der Waals surface area contributed by atoms with Crippen molar-refractivity contribution in [2.45, 2.75) is 18.9 Å². The van der Waals surface area contributed by atoms with Crippen LogP contribution in [0.3, 0.4) is 0 Å². The van der Waals surface area contributed by atoms with E-state index >= 15 is 0 Å². The lowest BCUT2D eigenvalue weighted by Gasteiger charge is -2.10. The Hall–Kier alpha value is -2.84. The van der Waals surface area contributed by atoms with Gasteiger partial charge in [0.2, 0.25) is 0 Å². The van der Waals surface area contributed by atoms with Gasteiger partial charge in [-0.3, -0.25) is 4.79 Å². The summed E-state index contributed by atoms with van der Waals surface area (Å²) in [4.78, 5) is 12.2. The Morgan fingerprint density at radius 1 is 1.33 bits per heavy atom. The molecule has 1 fully saturated rings. The molecule has 0 radical (unpaired) electrons. The maximum Gasteiger partial charge on any atom is 0.262 e. The lowest BCUT2D eigenvalue weighted by atomic mass is 10.2. The summed E-state index contributed by atoms with van der Waals surface area (Å²) < 4.78 is 7.41. The number of carbonyl (C=O) groups excluding carboxylic acids is 1. The first-order valence-electron chi connectivity index (χ1n) is 8.02. The number of para-hydroxylation sites is 1. The zero-order chi connectivity index (χ0) is 16.8. The Balaban J connectivity index is 1.75. The predicted octanol–water partition coefficient (Wildman–Crippen LogP) is 2.68. The monoisotopic (exact) mass is 321 g/mol. The molecule has 1 aliphatic heterocycles. The van der Waals surface area contributed by atoms with Crippen LogP contribution in [0.4, 0.5) is 0 Å². The van der Waals surface area contributed by atoms with Gasteiger partial charge in [0.25, 0.3) is 5.91 Å². The summed E-state index contributed by atoms with van der Waals surface area (Å²) in [7, 11) is 0. The molecule has 24 heavy (non-hydrogen) atoms. The molecule has 1 amide bonds. The number of rotatable bonds is 5. The molecule has 1 saturated heterocycles. The van der Waals surface area contributed by atoms with Crippen LogP contribution in [0, 0.1) is 11.3 Å². The van der Waals surface area contributed by atoms with E-state index in [1.165, 1.54) is 0 Å². The number of benzene rings is 1. The van der Waals surface area contributed by atoms with Gasteiger partial charge in [0.15, 0.2) is 0 Å². The van der Waals surface area contributed by atoms with Gasteiger partial charge in [0, 0.05) is 30.7 Å². The average Bonchev–Trinajstić information content (AvgIpc) is 3.30. The van der Waals surface area contributed by atoms with Crippen molar-refractivity contribution >= 4 is 12.0 Å². The first-order valence-corrected chi connectivity index (χ1v) is 8.02. The number of nitriles is 1. The second-order valence-electron chi connectivity index (χ2n) is 5.65. The van der Waals surface area contributed by atoms with E-state index in [1.807, 2.05) is 59.3 Å². The van der Waals surface area contributed by atoms with Crippen LogP contribution in [0.15, 0.2) is 54.2 Å². The molecule has 1 N–H and O–H groups in total. The van der Waals surface area contributed by atoms with Crippen molar-refractivity contribution in [3.8, 4) is 11.8 Å². The zero-order valence-electron chi connectivity index (χ0n) is 13.3. The number of nitrogens with one attached hydrogen (secondary N) is 1. The smallest absolute Gasteiger partial charge is 0.262 e. The molecule has 0 saturated carbocycles. The first-order chi connectivity index (χ1) is 11.8. The van der Waals surface area contributed by atoms with Gasteiger partial charge in [-0.2, -0.15) is 5.26 Å². The minimum Gasteiger partial charge on any atom is -0.376 e. The third-order valence-electron chi connectivity index (χ3n) is 3.99. The number of aromatic nitrogens is 1. The van der Waals surface area contributed by atoms with Crippen molar-refractivity contribution in [1.82, 2.24) is 9.88 Å². The highest BCUT2D eigenvalue weighted by Gasteiger charge is 2.17. The summed E-state index contributed by atoms with van der Waals surface area (Å²) in [5, 5.41) is 12.1. The van der Waals surface area contributed by atoms with E-state index in [0.29, 0.717) is 6.54 Å². The van der Waals surface area contributed by atoms with Gasteiger partial charge in [0.1, 0.15) is 11.6 Å². The molecule has 2 heterocycles. The topological polar surface area (TPSA) is 67.0 Å². The van der Waals surface area contributed by atoms with Crippen LogP contribution in [0.25, 0.3) is 11.8 Å². The Morgan fingerprint density at radius 3 is 2.88 bits per heavy atom. The van der Waals surface area contributed by atoms with E-state index in [0.717, 1.165) is 30.8 Å². The second-order valence-corrected chi connectivity index (χ2v) is 5.65. The van der Waals surface area contributed by atoms with E-state index in [1.54, 1.807) is 6.08 Å². The van der Waals surface area contributed by atoms with Crippen molar-refractivity contribution in [1.29, 1.82) is 5.26 Å². The molecule has 5 heteroatoms. The number of hydrogen-bond donors (Lipinski definition) is 1. The SMILES string of the molecule is N#C/C(=C\c1cccn1-c1ccccc1)C(=O)NC[C@H]1CCCO1. The summed E-state index contributed by atoms with van der Waals surface area (Å²) in [5.41, 5.74) is 1.85. The molecule has 5 nitrogen and oxygen atoms in total. The molecule has 1 aromatic carbocycles. The number of nitrogens with zero attached hydrogens (tertiary/aromatic N) is 2. The molecule has 2 aromatic rings. The largest absolute Gasteiger partial charge is 0.376 e. The van der Waals surface area contributed by atoms with Crippen molar-refractivity contribution < 1.29 is 9.53 Å². The lowest BCUT2D eigenvalue weighted by Crippen LogP contribution is -2.32. The van der Waals surface area contributed by atoms with E-state index < -0.39 is 0 Å². The first kappa shape index (κ1) is 16.0. The van der Waals surface area contributed by atoms with Gasteiger partial charge in [0.05, 0.1) is 6.10 Å². The van der Waals surface area contributed by atoms with Gasteiger partial charge in [-0.25, -0.2) is 0 Å². The van der Waals surface area contributed by atoms with Crippen molar-refractivity contribution in [2.75, 3.05) is 13.2 Å². The minimum absolute atomic E-state index is 0.0575. The molecule has 3 rings (SSSR count). The quantitative estimate of drug-likeness (QED) is 0.680. The maximum atomic E-state index is 12.2. The van der Waals surface area contributed by atoms with E-state index in [-0.39, 0.29) is 17.6 Å². The summed E-state index contributed by atoms with van der Waals surface area (Å²) in [5.74, 6) is -0.367. The molecule has 1 aliphatic rings. The van der Waals surface area contributed by atoms with Crippen molar-refractivity contribution in [3.63, 3.8) is 0 Å². The van der Waals surface area contributed by atoms with Crippen LogP contribution in [0.2, 0.25) is 0 Å². The Bertz CT molecular complexity index is 765. The van der Waals surface area contributed by atoms with E-state index in [4.69, 9.17) is 4.74 Å². The summed E-state index contributed by atoms with van der Waals surface area (Å²) in [6.45, 7) is 1.18. The fourth-order valence-electron chi connectivity index (χ4n) is 2.74. The number of ether oxygens (including phenoxy) is 1. The summed E-state index contributed by atoms with van der Waals surface area (Å²) in [6, 6.07) is 15.5. The van der Waals surface area contributed by atoms with Gasteiger partial charge < -0.3 is 14.6 Å². The van der Waals surface area contributed by atoms with Crippen LogP contribution in [0.5, 0.6) is 0 Å². The zero-order valence-corrected chi connectivity index (χ0v) is 13.3. The second kappa shape index (κ2) is 7.62. The molecular weight excluding hydrogens is 302 g/mol. The van der Waals surface area contributed by atoms with Crippen LogP contribution >= 0.6 is 0 Å². The molecule has 0 aliphatic carbocycles. The summed E-state index contributed by atoms with van der Waals surface area (Å²) >= 11 is 0. The maximum absolute atomic E-state index is 12.2. The molecule has 1 atom stereocenters. The fourth-order valence-corrected chi connectivity index (χ4v) is 2.74. The predicted molar refractivity (Wildman–Crippen MR) is 91.3 cm³/mol. The molecule has 1 aromatic heterocycles. The number of hydrogen-bond acceptors (Lipinski definition) is 3. The van der Waals surface area contributed by atoms with Crippen LogP contribution in [-0.4, -0.2) is 29.7 Å². The number of amides is 1. The standard InChI is InChI=1S/C19H19N3O2/c20-13-15(19(23)21-14-18-9-5-11-24-18)12-17-8-4-10-22(17)16-6-2-1-3-7-16/h1-4,6-8,10,12,18H,5,9,11,14H2,(H,21,23)/b15-12+/t18-/m1/s1. The highest BCUT2D eigenvalue weighted by atomic mass is 16.5. The lowest BCUT2D eigenvalue weighted by molar-refractivity contribution is -0.117. The molecule has 0 unspecified atom stereocenters. The van der Waals surface area contributed by atoms with Gasteiger partial charge in [-0.15, -0.1) is 0 Å². The molecule has 0 bridgehead atoms. The van der Waals surface area contributed by atoms with Crippen LogP contribution in [0.1, 0.15) is 18.5 Å². The fraction of sp³-hybridized carbons (Fsp3) is 0.263. The third kappa shape index (κ3) is 3.73. The van der Waals surface area contributed by atoms with Crippen molar-refractivity contribution in [2.24, 2.45) is 0 Å². The van der Waals surface area contributed by atoms with Crippen molar-refractivity contribution in [3.05, 3.63) is 59.9 Å². The third-order valence-corrected chi connectivity index (χ3v) is 3.99. The molecule has 122 valence electrons. The summed E-state index contributed by atoms with van der Waals surface area (Å²) in [6.07, 6.45) is 5.54. The van der Waals surface area contributed by atoms with Crippen LogP contribution in [-0.2, 0) is 9.53 Å². The van der Waals surface area contributed by atoms with Gasteiger partial charge in [-0.1, -0.05) is 18.2 Å². The van der Waals surface area contributed by atoms with Gasteiger partial charge >= 0.3 is 0 Å². The molecular formula is C19H19N3O2. The highest BCUT2D eigenvalue weighted by molar-refractivity contribution is 6.01. The Morgan fingerprint density at radius 2 is 2.17 bits per heavy atom. The minimum atomic E-state index is -0.367. The normalized spacial score (nSPS) is 17.5.